The molecule has 0 saturated carbocycles. The minimum absolute atomic E-state index is 0.129. The van der Waals surface area contributed by atoms with Crippen LogP contribution in [0.25, 0.3) is 0 Å². The maximum atomic E-state index is 12.3. The highest BCUT2D eigenvalue weighted by Gasteiger charge is 2.15. The fraction of sp³-hybridized carbons (Fsp3) is 0.316. The zero-order chi connectivity index (χ0) is 19.2. The Kier molecular flexibility index (Phi) is 6.39. The molecule has 2 aromatic rings. The van der Waals surface area contributed by atoms with Crippen LogP contribution in [0.1, 0.15) is 26.3 Å². The molecule has 1 amide bonds. The number of carbonyl (C=O) groups is 1. The van der Waals surface area contributed by atoms with E-state index in [9.17, 15) is 13.2 Å². The standard InChI is InChI=1S/C19H24N2O4S/c1-19(2,3)21-18(22)14-25-16-9-11-17(12-10-16)26(23,24)20-13-15-7-5-4-6-8-15/h4-12,20H,13-14H2,1-3H3,(H,21,22). The summed E-state index contributed by atoms with van der Waals surface area (Å²) in [5.74, 6) is 0.190. The van der Waals surface area contributed by atoms with Crippen molar-refractivity contribution >= 4 is 15.9 Å². The van der Waals surface area contributed by atoms with E-state index in [2.05, 4.69) is 10.0 Å². The monoisotopic (exact) mass is 376 g/mol. The van der Waals surface area contributed by atoms with Crippen LogP contribution in [0.15, 0.2) is 59.5 Å². The van der Waals surface area contributed by atoms with E-state index in [4.69, 9.17) is 4.74 Å². The van der Waals surface area contributed by atoms with E-state index in [1.54, 1.807) is 0 Å². The predicted octanol–water partition coefficient (Wildman–Crippen LogP) is 2.46. The van der Waals surface area contributed by atoms with Crippen molar-refractivity contribution in [2.24, 2.45) is 0 Å². The molecule has 0 aliphatic carbocycles. The van der Waals surface area contributed by atoms with E-state index < -0.39 is 10.0 Å². The number of nitrogens with one attached hydrogen (secondary N) is 2. The molecular weight excluding hydrogens is 352 g/mol. The number of hydrogen-bond acceptors (Lipinski definition) is 4. The van der Waals surface area contributed by atoms with Gasteiger partial charge in [-0.1, -0.05) is 30.3 Å². The first kappa shape index (κ1) is 19.9. The summed E-state index contributed by atoms with van der Waals surface area (Å²) in [6.45, 7) is 5.73. The topological polar surface area (TPSA) is 84.5 Å². The highest BCUT2D eigenvalue weighted by Crippen LogP contribution is 2.16. The minimum Gasteiger partial charge on any atom is -0.484 e. The summed E-state index contributed by atoms with van der Waals surface area (Å²) in [6, 6.07) is 15.2. The number of sulfonamides is 1. The van der Waals surface area contributed by atoms with Crippen molar-refractivity contribution in [2.45, 2.75) is 37.8 Å². The van der Waals surface area contributed by atoms with Gasteiger partial charge >= 0.3 is 0 Å². The van der Waals surface area contributed by atoms with Crippen molar-refractivity contribution in [3.8, 4) is 5.75 Å². The molecule has 26 heavy (non-hydrogen) atoms. The molecule has 2 rings (SSSR count). The van der Waals surface area contributed by atoms with Gasteiger partial charge < -0.3 is 10.1 Å². The summed E-state index contributed by atoms with van der Waals surface area (Å²) in [5.41, 5.74) is 0.545. The molecule has 6 nitrogen and oxygen atoms in total. The number of hydrogen-bond donors (Lipinski definition) is 2. The molecule has 0 radical (unpaired) electrons. The largest absolute Gasteiger partial charge is 0.484 e. The molecule has 2 N–H and O–H groups in total. The Morgan fingerprint density at radius 3 is 2.19 bits per heavy atom. The van der Waals surface area contributed by atoms with Gasteiger partial charge in [0.15, 0.2) is 6.61 Å². The summed E-state index contributed by atoms with van der Waals surface area (Å²) in [6.07, 6.45) is 0. The second kappa shape index (κ2) is 8.33. The van der Waals surface area contributed by atoms with Gasteiger partial charge in [0.05, 0.1) is 4.90 Å². The van der Waals surface area contributed by atoms with Crippen LogP contribution in [-0.2, 0) is 21.4 Å². The van der Waals surface area contributed by atoms with E-state index in [1.807, 2.05) is 51.1 Å². The Hall–Kier alpha value is -2.38. The molecule has 0 unspecified atom stereocenters. The molecular formula is C19H24N2O4S. The van der Waals surface area contributed by atoms with E-state index in [0.717, 1.165) is 5.56 Å². The lowest BCUT2D eigenvalue weighted by Gasteiger charge is -2.20. The fourth-order valence-electron chi connectivity index (χ4n) is 2.18. The highest BCUT2D eigenvalue weighted by atomic mass is 32.2. The van der Waals surface area contributed by atoms with Gasteiger partial charge in [0.1, 0.15) is 5.75 Å². The Bertz CT molecular complexity index is 826. The zero-order valence-corrected chi connectivity index (χ0v) is 16.0. The number of carbonyl (C=O) groups excluding carboxylic acids is 1. The number of benzene rings is 2. The molecule has 140 valence electrons. The Balaban J connectivity index is 1.92. The average Bonchev–Trinajstić information content (AvgIpc) is 2.58. The third-order valence-electron chi connectivity index (χ3n) is 3.33. The normalized spacial score (nSPS) is 11.8. The van der Waals surface area contributed by atoms with E-state index in [-0.39, 0.29) is 29.5 Å². The van der Waals surface area contributed by atoms with E-state index in [1.165, 1.54) is 24.3 Å². The van der Waals surface area contributed by atoms with Gasteiger partial charge in [-0.25, -0.2) is 13.1 Å². The summed E-state index contributed by atoms with van der Waals surface area (Å²) < 4.78 is 32.6. The van der Waals surface area contributed by atoms with Crippen LogP contribution in [0.4, 0.5) is 0 Å². The van der Waals surface area contributed by atoms with Crippen molar-refractivity contribution in [3.05, 3.63) is 60.2 Å². The number of amides is 1. The Morgan fingerprint density at radius 1 is 1.00 bits per heavy atom. The molecule has 0 aliphatic rings. The molecule has 0 aromatic heterocycles. The van der Waals surface area contributed by atoms with Gasteiger partial charge in [-0.15, -0.1) is 0 Å². The summed E-state index contributed by atoms with van der Waals surface area (Å²) in [7, 11) is -3.62. The average molecular weight is 376 g/mol. The van der Waals surface area contributed by atoms with Crippen LogP contribution in [0.5, 0.6) is 5.75 Å². The number of rotatable bonds is 7. The van der Waals surface area contributed by atoms with Crippen molar-refractivity contribution in [2.75, 3.05) is 6.61 Å². The quantitative estimate of drug-likeness (QED) is 0.777. The second-order valence-electron chi connectivity index (χ2n) is 6.87. The van der Waals surface area contributed by atoms with Gasteiger partial charge in [0.2, 0.25) is 10.0 Å². The van der Waals surface area contributed by atoms with Crippen LogP contribution >= 0.6 is 0 Å². The molecule has 0 spiro atoms. The van der Waals surface area contributed by atoms with E-state index >= 15 is 0 Å². The van der Waals surface area contributed by atoms with Crippen molar-refractivity contribution < 1.29 is 17.9 Å². The van der Waals surface area contributed by atoms with Gasteiger partial charge in [-0.2, -0.15) is 0 Å². The molecule has 7 heteroatoms. The van der Waals surface area contributed by atoms with Gasteiger partial charge in [-0.3, -0.25) is 4.79 Å². The Labute approximate surface area is 154 Å². The van der Waals surface area contributed by atoms with Crippen LogP contribution in [-0.4, -0.2) is 26.5 Å². The van der Waals surface area contributed by atoms with Crippen LogP contribution in [0, 0.1) is 0 Å². The second-order valence-corrected chi connectivity index (χ2v) is 8.64. The van der Waals surface area contributed by atoms with Crippen molar-refractivity contribution in [1.82, 2.24) is 10.0 Å². The van der Waals surface area contributed by atoms with Crippen molar-refractivity contribution in [1.29, 1.82) is 0 Å². The molecule has 2 aromatic carbocycles. The van der Waals surface area contributed by atoms with E-state index in [0.29, 0.717) is 5.75 Å². The molecule has 0 bridgehead atoms. The molecule has 0 heterocycles. The first-order chi connectivity index (χ1) is 12.2. The third kappa shape index (κ3) is 6.50. The maximum Gasteiger partial charge on any atom is 0.258 e. The summed E-state index contributed by atoms with van der Waals surface area (Å²) in [5, 5.41) is 2.79. The summed E-state index contributed by atoms with van der Waals surface area (Å²) in [4.78, 5) is 11.9. The number of ether oxygens (including phenoxy) is 1. The Morgan fingerprint density at radius 2 is 1.62 bits per heavy atom. The van der Waals surface area contributed by atoms with Gasteiger partial charge in [0.25, 0.3) is 5.91 Å². The fourth-order valence-corrected chi connectivity index (χ4v) is 3.19. The minimum atomic E-state index is -3.62. The lowest BCUT2D eigenvalue weighted by molar-refractivity contribution is -0.124. The molecule has 0 aliphatic heterocycles. The van der Waals surface area contributed by atoms with Gasteiger partial charge in [0, 0.05) is 12.1 Å². The molecule has 0 fully saturated rings. The highest BCUT2D eigenvalue weighted by molar-refractivity contribution is 7.89. The SMILES string of the molecule is CC(C)(C)NC(=O)COc1ccc(S(=O)(=O)NCc2ccccc2)cc1. The van der Waals surface area contributed by atoms with Crippen LogP contribution in [0.2, 0.25) is 0 Å². The lowest BCUT2D eigenvalue weighted by Crippen LogP contribution is -2.43. The molecule has 0 atom stereocenters. The molecule has 0 saturated heterocycles. The van der Waals surface area contributed by atoms with Gasteiger partial charge in [-0.05, 0) is 50.6 Å². The first-order valence-corrected chi connectivity index (χ1v) is 9.71. The van der Waals surface area contributed by atoms with Crippen LogP contribution < -0.4 is 14.8 Å². The zero-order valence-electron chi connectivity index (χ0n) is 15.2. The smallest absolute Gasteiger partial charge is 0.258 e. The lowest BCUT2D eigenvalue weighted by atomic mass is 10.1. The van der Waals surface area contributed by atoms with Crippen LogP contribution in [0.3, 0.4) is 0 Å². The van der Waals surface area contributed by atoms with Crippen molar-refractivity contribution in [3.63, 3.8) is 0 Å². The predicted molar refractivity (Wildman–Crippen MR) is 100 cm³/mol. The maximum absolute atomic E-state index is 12.3. The summed E-state index contributed by atoms with van der Waals surface area (Å²) >= 11 is 0. The first-order valence-electron chi connectivity index (χ1n) is 8.23. The third-order valence-corrected chi connectivity index (χ3v) is 4.74.